The van der Waals surface area contributed by atoms with E-state index in [1.54, 1.807) is 21.3 Å². The second-order valence-corrected chi connectivity index (χ2v) is 6.57. The number of benzene rings is 2. The Bertz CT molecular complexity index is 797. The van der Waals surface area contributed by atoms with Crippen LogP contribution in [0.25, 0.3) is 0 Å². The molecule has 1 atom stereocenters. The number of carbonyl (C=O) groups is 1. The Morgan fingerprint density at radius 1 is 1.11 bits per heavy atom. The van der Waals surface area contributed by atoms with Gasteiger partial charge < -0.3 is 19.5 Å². The Kier molecular flexibility index (Phi) is 5.74. The van der Waals surface area contributed by atoms with E-state index in [1.165, 1.54) is 5.56 Å². The highest BCUT2D eigenvalue weighted by atomic mass is 16.5. The Morgan fingerprint density at radius 2 is 1.78 bits per heavy atom. The zero-order chi connectivity index (χ0) is 19.4. The predicted octanol–water partition coefficient (Wildman–Crippen LogP) is 3.42. The number of hydrogen-bond donors (Lipinski definition) is 1. The Hall–Kier alpha value is -2.89. The summed E-state index contributed by atoms with van der Waals surface area (Å²) in [5.41, 5.74) is 3.21. The summed E-state index contributed by atoms with van der Waals surface area (Å²) in [6.07, 6.45) is 1.54. The number of para-hydroxylation sites is 1. The molecular weight excluding hydrogens is 344 g/mol. The molecule has 1 heterocycles. The fourth-order valence-electron chi connectivity index (χ4n) is 3.55. The molecule has 3 rings (SSSR count). The van der Waals surface area contributed by atoms with Gasteiger partial charge in [0.15, 0.2) is 11.5 Å². The highest BCUT2D eigenvalue weighted by molar-refractivity contribution is 5.94. The summed E-state index contributed by atoms with van der Waals surface area (Å²) in [5.74, 6) is 1.79. The molecule has 144 valence electrons. The monoisotopic (exact) mass is 370 g/mol. The molecule has 0 saturated heterocycles. The molecule has 1 unspecified atom stereocenters. The van der Waals surface area contributed by atoms with Crippen molar-refractivity contribution in [2.45, 2.75) is 25.8 Å². The van der Waals surface area contributed by atoms with E-state index in [4.69, 9.17) is 14.2 Å². The SMILES string of the molecule is COc1cc(CCNC(=O)N2c3ccccc3CC2C)cc(OC)c1OC. The molecule has 0 radical (unpaired) electrons. The molecule has 0 saturated carbocycles. The molecule has 27 heavy (non-hydrogen) atoms. The number of methoxy groups -OCH3 is 3. The Balaban J connectivity index is 1.66. The van der Waals surface area contributed by atoms with Crippen molar-refractivity contribution in [2.24, 2.45) is 0 Å². The maximum absolute atomic E-state index is 12.7. The van der Waals surface area contributed by atoms with E-state index in [2.05, 4.69) is 18.3 Å². The van der Waals surface area contributed by atoms with Crippen LogP contribution < -0.4 is 24.4 Å². The Labute approximate surface area is 160 Å². The zero-order valence-corrected chi connectivity index (χ0v) is 16.2. The van der Waals surface area contributed by atoms with Crippen LogP contribution in [-0.2, 0) is 12.8 Å². The van der Waals surface area contributed by atoms with Crippen molar-refractivity contribution in [1.82, 2.24) is 5.32 Å². The summed E-state index contributed by atoms with van der Waals surface area (Å²) in [4.78, 5) is 14.5. The molecule has 0 aromatic heterocycles. The first-order valence-electron chi connectivity index (χ1n) is 9.02. The van der Waals surface area contributed by atoms with Crippen molar-refractivity contribution in [3.05, 3.63) is 47.5 Å². The summed E-state index contributed by atoms with van der Waals surface area (Å²) >= 11 is 0. The van der Waals surface area contributed by atoms with Crippen LogP contribution in [0.3, 0.4) is 0 Å². The van der Waals surface area contributed by atoms with Crippen molar-refractivity contribution in [2.75, 3.05) is 32.8 Å². The first-order chi connectivity index (χ1) is 13.1. The number of rotatable bonds is 6. The molecule has 2 aromatic rings. The molecule has 0 bridgehead atoms. The van der Waals surface area contributed by atoms with Crippen LogP contribution in [0.2, 0.25) is 0 Å². The van der Waals surface area contributed by atoms with Crippen LogP contribution in [0.1, 0.15) is 18.1 Å². The van der Waals surface area contributed by atoms with Gasteiger partial charge in [-0.25, -0.2) is 4.79 Å². The van der Waals surface area contributed by atoms with Gasteiger partial charge >= 0.3 is 6.03 Å². The summed E-state index contributed by atoms with van der Waals surface area (Å²) in [5, 5.41) is 3.02. The number of hydrogen-bond acceptors (Lipinski definition) is 4. The molecule has 1 N–H and O–H groups in total. The lowest BCUT2D eigenvalue weighted by Gasteiger charge is -2.23. The van der Waals surface area contributed by atoms with Crippen molar-refractivity contribution >= 4 is 11.7 Å². The minimum Gasteiger partial charge on any atom is -0.493 e. The summed E-state index contributed by atoms with van der Waals surface area (Å²) in [7, 11) is 4.76. The maximum Gasteiger partial charge on any atom is 0.322 e. The highest BCUT2D eigenvalue weighted by Crippen LogP contribution is 2.38. The van der Waals surface area contributed by atoms with Gasteiger partial charge in [-0.2, -0.15) is 0 Å². The number of fused-ring (bicyclic) bond motifs is 1. The molecule has 2 amide bonds. The summed E-state index contributed by atoms with van der Waals surface area (Å²) in [6, 6.07) is 11.9. The molecule has 0 spiro atoms. The van der Waals surface area contributed by atoms with Crippen LogP contribution in [0.15, 0.2) is 36.4 Å². The third-order valence-electron chi connectivity index (χ3n) is 4.84. The minimum atomic E-state index is -0.0695. The topological polar surface area (TPSA) is 60.0 Å². The molecule has 1 aliphatic heterocycles. The van der Waals surface area contributed by atoms with Crippen LogP contribution in [0.4, 0.5) is 10.5 Å². The number of urea groups is 1. The molecular formula is C21H26N2O4. The molecule has 0 aliphatic carbocycles. The van der Waals surface area contributed by atoms with Gasteiger partial charge in [0.05, 0.1) is 21.3 Å². The number of nitrogens with zero attached hydrogens (tertiary/aromatic N) is 1. The lowest BCUT2D eigenvalue weighted by molar-refractivity contribution is 0.245. The molecule has 1 aliphatic rings. The Morgan fingerprint density at radius 3 is 2.41 bits per heavy atom. The van der Waals surface area contributed by atoms with Gasteiger partial charge in [-0.05, 0) is 49.1 Å². The van der Waals surface area contributed by atoms with Gasteiger partial charge in [-0.3, -0.25) is 4.90 Å². The van der Waals surface area contributed by atoms with Gasteiger partial charge in [0, 0.05) is 18.3 Å². The number of ether oxygens (including phenoxy) is 3. The first kappa shape index (κ1) is 18.9. The first-order valence-corrected chi connectivity index (χ1v) is 9.02. The van der Waals surface area contributed by atoms with E-state index >= 15 is 0 Å². The molecule has 6 heteroatoms. The van der Waals surface area contributed by atoms with Gasteiger partial charge in [0.1, 0.15) is 0 Å². The summed E-state index contributed by atoms with van der Waals surface area (Å²) in [6.45, 7) is 2.58. The van der Waals surface area contributed by atoms with E-state index in [-0.39, 0.29) is 12.1 Å². The van der Waals surface area contributed by atoms with Crippen molar-refractivity contribution in [3.63, 3.8) is 0 Å². The van der Waals surface area contributed by atoms with Crippen LogP contribution in [-0.4, -0.2) is 39.9 Å². The van der Waals surface area contributed by atoms with Gasteiger partial charge in [0.2, 0.25) is 5.75 Å². The van der Waals surface area contributed by atoms with E-state index in [1.807, 2.05) is 35.2 Å². The molecule has 0 fully saturated rings. The largest absolute Gasteiger partial charge is 0.493 e. The van der Waals surface area contributed by atoms with E-state index < -0.39 is 0 Å². The number of anilines is 1. The van der Waals surface area contributed by atoms with Crippen LogP contribution in [0, 0.1) is 0 Å². The fraction of sp³-hybridized carbons (Fsp3) is 0.381. The van der Waals surface area contributed by atoms with E-state index in [9.17, 15) is 4.79 Å². The van der Waals surface area contributed by atoms with E-state index in [0.29, 0.717) is 30.2 Å². The number of carbonyl (C=O) groups excluding carboxylic acids is 1. The third-order valence-corrected chi connectivity index (χ3v) is 4.84. The third kappa shape index (κ3) is 3.79. The summed E-state index contributed by atoms with van der Waals surface area (Å²) < 4.78 is 16.1. The lowest BCUT2D eigenvalue weighted by Crippen LogP contribution is -2.43. The molecule has 2 aromatic carbocycles. The average molecular weight is 370 g/mol. The maximum atomic E-state index is 12.7. The lowest BCUT2D eigenvalue weighted by atomic mass is 10.1. The van der Waals surface area contributed by atoms with Crippen LogP contribution in [0.5, 0.6) is 17.2 Å². The van der Waals surface area contributed by atoms with Crippen molar-refractivity contribution < 1.29 is 19.0 Å². The second kappa shape index (κ2) is 8.20. The predicted molar refractivity (Wildman–Crippen MR) is 105 cm³/mol. The van der Waals surface area contributed by atoms with Gasteiger partial charge in [0.25, 0.3) is 0 Å². The minimum absolute atomic E-state index is 0.0695. The second-order valence-electron chi connectivity index (χ2n) is 6.57. The zero-order valence-electron chi connectivity index (χ0n) is 16.2. The average Bonchev–Trinajstić information content (AvgIpc) is 3.02. The van der Waals surface area contributed by atoms with Crippen molar-refractivity contribution in [1.29, 1.82) is 0 Å². The molecule has 6 nitrogen and oxygen atoms in total. The quantitative estimate of drug-likeness (QED) is 0.846. The van der Waals surface area contributed by atoms with Crippen molar-refractivity contribution in [3.8, 4) is 17.2 Å². The number of nitrogens with one attached hydrogen (secondary N) is 1. The van der Waals surface area contributed by atoms with Gasteiger partial charge in [-0.1, -0.05) is 18.2 Å². The van der Waals surface area contributed by atoms with Gasteiger partial charge in [-0.15, -0.1) is 0 Å². The fourth-order valence-corrected chi connectivity index (χ4v) is 3.55. The standard InChI is InChI=1S/C21H26N2O4/c1-14-11-16-7-5-6-8-17(16)23(14)21(24)22-10-9-15-12-18(25-2)20(27-4)19(13-15)26-3/h5-8,12-14H,9-11H2,1-4H3,(H,22,24). The number of amides is 2. The van der Waals surface area contributed by atoms with Crippen LogP contribution >= 0.6 is 0 Å². The van der Waals surface area contributed by atoms with E-state index in [0.717, 1.165) is 17.7 Å². The highest BCUT2D eigenvalue weighted by Gasteiger charge is 2.30. The normalized spacial score (nSPS) is 15.3. The smallest absolute Gasteiger partial charge is 0.322 e.